The second kappa shape index (κ2) is 7.42. The maximum absolute atomic E-state index is 12.7. The van der Waals surface area contributed by atoms with E-state index in [2.05, 4.69) is 15.0 Å². The highest BCUT2D eigenvalue weighted by atomic mass is 16.6. The summed E-state index contributed by atoms with van der Waals surface area (Å²) >= 11 is 0. The van der Waals surface area contributed by atoms with Crippen molar-refractivity contribution in [3.63, 3.8) is 0 Å². The van der Waals surface area contributed by atoms with Crippen LogP contribution in [0.2, 0.25) is 0 Å². The Labute approximate surface area is 169 Å². The number of ether oxygens (including phenoxy) is 2. The predicted molar refractivity (Wildman–Crippen MR) is 105 cm³/mol. The second-order valence-corrected chi connectivity index (χ2v) is 8.71. The fourth-order valence-electron chi connectivity index (χ4n) is 4.16. The molecule has 4 heterocycles. The number of rotatable bonds is 1. The summed E-state index contributed by atoms with van der Waals surface area (Å²) in [5, 5.41) is 11.0. The molecule has 0 unspecified atom stereocenters. The Morgan fingerprint density at radius 3 is 2.86 bits per heavy atom. The lowest BCUT2D eigenvalue weighted by molar-refractivity contribution is -0.0481. The van der Waals surface area contributed by atoms with E-state index in [0.29, 0.717) is 36.6 Å². The van der Waals surface area contributed by atoms with Crippen molar-refractivity contribution >= 4 is 23.1 Å². The number of aliphatic hydroxyl groups is 1. The number of piperidine rings is 1. The lowest BCUT2D eigenvalue weighted by Gasteiger charge is -2.40. The first kappa shape index (κ1) is 19.8. The number of hydrogen-bond acceptors (Lipinski definition) is 8. The molecule has 2 aromatic heterocycles. The van der Waals surface area contributed by atoms with Crippen molar-refractivity contribution in [3.8, 4) is 0 Å². The number of amides is 1. The van der Waals surface area contributed by atoms with Crippen LogP contribution in [0.5, 0.6) is 0 Å². The van der Waals surface area contributed by atoms with Gasteiger partial charge in [-0.15, -0.1) is 0 Å². The number of hydrogen-bond donors (Lipinski definition) is 2. The maximum Gasteiger partial charge on any atom is 0.410 e. The molecule has 0 bridgehead atoms. The third-order valence-corrected chi connectivity index (χ3v) is 5.50. The Bertz CT molecular complexity index is 894. The van der Waals surface area contributed by atoms with Gasteiger partial charge in [0.05, 0.1) is 37.2 Å². The molecule has 0 saturated carbocycles. The Kier molecular flexibility index (Phi) is 5.07. The summed E-state index contributed by atoms with van der Waals surface area (Å²) in [6, 6.07) is -0.631. The molecule has 0 aromatic carbocycles. The molecular weight excluding hydrogens is 376 g/mol. The molecular formula is C19H28N6O4. The summed E-state index contributed by atoms with van der Waals surface area (Å²) in [4.78, 5) is 27.0. The van der Waals surface area contributed by atoms with Crippen LogP contribution >= 0.6 is 0 Å². The van der Waals surface area contributed by atoms with Crippen molar-refractivity contribution in [3.05, 3.63) is 12.7 Å². The third kappa shape index (κ3) is 3.86. The van der Waals surface area contributed by atoms with E-state index in [0.717, 1.165) is 12.8 Å². The standard InChI is InChI=1S/C19H28N6O4/c1-19(2,3)29-18(27)24-6-4-5-14-11(24)7-13(26)12(8-28-14)25-10-23-15-16(20)21-9-22-17(15)25/h9-14,26H,4-8H2,1-3H3,(H2,20,21,22)/t11-,12-,13-,14-/m1/s1. The highest BCUT2D eigenvalue weighted by Crippen LogP contribution is 2.33. The molecule has 2 saturated heterocycles. The van der Waals surface area contributed by atoms with Gasteiger partial charge in [-0.2, -0.15) is 0 Å². The number of likely N-dealkylation sites (tertiary alicyclic amines) is 1. The zero-order chi connectivity index (χ0) is 20.8. The molecule has 0 radical (unpaired) electrons. The van der Waals surface area contributed by atoms with Gasteiger partial charge >= 0.3 is 6.09 Å². The summed E-state index contributed by atoms with van der Waals surface area (Å²) in [6.45, 7) is 6.42. The minimum absolute atomic E-state index is 0.148. The topological polar surface area (TPSA) is 129 Å². The van der Waals surface area contributed by atoms with Gasteiger partial charge in [0.25, 0.3) is 0 Å². The van der Waals surface area contributed by atoms with Gasteiger partial charge in [0.2, 0.25) is 0 Å². The van der Waals surface area contributed by atoms with Gasteiger partial charge in [0.15, 0.2) is 11.5 Å². The molecule has 2 aromatic rings. The first-order valence-corrected chi connectivity index (χ1v) is 9.97. The van der Waals surface area contributed by atoms with Gasteiger partial charge in [-0.1, -0.05) is 0 Å². The lowest BCUT2D eigenvalue weighted by atomic mass is 9.93. The minimum Gasteiger partial charge on any atom is -0.444 e. The number of anilines is 1. The summed E-state index contributed by atoms with van der Waals surface area (Å²) in [6.07, 6.45) is 3.77. The van der Waals surface area contributed by atoms with Gasteiger partial charge in [-0.05, 0) is 40.0 Å². The van der Waals surface area contributed by atoms with Crippen molar-refractivity contribution in [1.29, 1.82) is 0 Å². The van der Waals surface area contributed by atoms with Crippen LogP contribution in [0.15, 0.2) is 12.7 Å². The van der Waals surface area contributed by atoms with Gasteiger partial charge in [-0.25, -0.2) is 19.7 Å². The summed E-state index contributed by atoms with van der Waals surface area (Å²) in [5.41, 5.74) is 6.36. The summed E-state index contributed by atoms with van der Waals surface area (Å²) < 4.78 is 13.5. The average molecular weight is 404 g/mol. The van der Waals surface area contributed by atoms with Crippen LogP contribution in [0.3, 0.4) is 0 Å². The highest BCUT2D eigenvalue weighted by molar-refractivity contribution is 5.81. The smallest absolute Gasteiger partial charge is 0.410 e. The van der Waals surface area contributed by atoms with E-state index in [1.54, 1.807) is 15.8 Å². The molecule has 1 amide bonds. The van der Waals surface area contributed by atoms with Gasteiger partial charge < -0.3 is 29.8 Å². The van der Waals surface area contributed by atoms with Crippen LogP contribution in [0, 0.1) is 0 Å². The molecule has 29 heavy (non-hydrogen) atoms. The van der Waals surface area contributed by atoms with E-state index in [-0.39, 0.29) is 24.3 Å². The number of nitrogen functional groups attached to an aromatic ring is 1. The normalized spacial score (nSPS) is 28.1. The van der Waals surface area contributed by atoms with Crippen molar-refractivity contribution in [2.45, 2.75) is 69.9 Å². The van der Waals surface area contributed by atoms with E-state index in [1.165, 1.54) is 6.33 Å². The van der Waals surface area contributed by atoms with Crippen LogP contribution in [-0.4, -0.2) is 72.6 Å². The van der Waals surface area contributed by atoms with E-state index < -0.39 is 11.7 Å². The molecule has 3 N–H and O–H groups in total. The van der Waals surface area contributed by atoms with Gasteiger partial charge in [-0.3, -0.25) is 0 Å². The van der Waals surface area contributed by atoms with Crippen LogP contribution in [0.1, 0.15) is 46.1 Å². The van der Waals surface area contributed by atoms with Crippen LogP contribution in [0.25, 0.3) is 11.2 Å². The fourth-order valence-corrected chi connectivity index (χ4v) is 4.16. The number of carbonyl (C=O) groups excluding carboxylic acids is 1. The van der Waals surface area contributed by atoms with E-state index in [1.807, 2.05) is 20.8 Å². The first-order valence-electron chi connectivity index (χ1n) is 9.97. The Hall–Kier alpha value is -2.46. The maximum atomic E-state index is 12.7. The number of fused-ring (bicyclic) bond motifs is 2. The largest absolute Gasteiger partial charge is 0.444 e. The molecule has 158 valence electrons. The molecule has 10 heteroatoms. The van der Waals surface area contributed by atoms with Crippen molar-refractivity contribution in [2.24, 2.45) is 0 Å². The number of aromatic nitrogens is 4. The molecule has 0 aliphatic carbocycles. The molecule has 0 spiro atoms. The van der Waals surface area contributed by atoms with Crippen molar-refractivity contribution in [1.82, 2.24) is 24.4 Å². The van der Waals surface area contributed by atoms with Crippen molar-refractivity contribution in [2.75, 3.05) is 18.9 Å². The molecule has 2 aliphatic rings. The van der Waals surface area contributed by atoms with Crippen LogP contribution in [-0.2, 0) is 9.47 Å². The fraction of sp³-hybridized carbons (Fsp3) is 0.684. The minimum atomic E-state index is -0.748. The SMILES string of the molecule is CC(C)(C)OC(=O)N1CCC[C@H]2OC[C@@H](n3cnc4c(N)ncnc43)[C@H](O)C[C@H]21. The van der Waals surface area contributed by atoms with E-state index in [4.69, 9.17) is 15.2 Å². The van der Waals surface area contributed by atoms with Crippen LogP contribution in [0.4, 0.5) is 10.6 Å². The lowest BCUT2D eigenvalue weighted by Crippen LogP contribution is -2.53. The first-order chi connectivity index (χ1) is 13.7. The highest BCUT2D eigenvalue weighted by Gasteiger charge is 2.42. The number of imidazole rings is 1. The molecule has 2 fully saturated rings. The Morgan fingerprint density at radius 2 is 2.10 bits per heavy atom. The van der Waals surface area contributed by atoms with Crippen LogP contribution < -0.4 is 5.73 Å². The number of carbonyl (C=O) groups is 1. The zero-order valence-corrected chi connectivity index (χ0v) is 17.0. The number of nitrogens with zero attached hydrogens (tertiary/aromatic N) is 5. The van der Waals surface area contributed by atoms with E-state index >= 15 is 0 Å². The predicted octanol–water partition coefficient (Wildman–Crippen LogP) is 1.50. The molecule has 10 nitrogen and oxygen atoms in total. The molecule has 2 aliphatic heterocycles. The Balaban J connectivity index is 1.59. The van der Waals surface area contributed by atoms with Crippen molar-refractivity contribution < 1.29 is 19.4 Å². The number of nitrogens with two attached hydrogens (primary N) is 1. The second-order valence-electron chi connectivity index (χ2n) is 8.71. The summed E-state index contributed by atoms with van der Waals surface area (Å²) in [7, 11) is 0. The summed E-state index contributed by atoms with van der Waals surface area (Å²) in [5.74, 6) is 0.294. The number of aliphatic hydroxyl groups excluding tert-OH is 1. The zero-order valence-electron chi connectivity index (χ0n) is 17.0. The Morgan fingerprint density at radius 1 is 1.31 bits per heavy atom. The van der Waals surface area contributed by atoms with Gasteiger partial charge in [0, 0.05) is 6.54 Å². The third-order valence-electron chi connectivity index (χ3n) is 5.50. The quantitative estimate of drug-likeness (QED) is 0.732. The monoisotopic (exact) mass is 404 g/mol. The van der Waals surface area contributed by atoms with Gasteiger partial charge in [0.1, 0.15) is 17.4 Å². The average Bonchev–Trinajstić information content (AvgIpc) is 2.99. The molecule has 4 rings (SSSR count). The molecule has 4 atom stereocenters. The van der Waals surface area contributed by atoms with E-state index in [9.17, 15) is 9.90 Å².